The van der Waals surface area contributed by atoms with Gasteiger partial charge in [0.15, 0.2) is 5.16 Å². The molecule has 0 aliphatic carbocycles. The number of carbonyl (C=O) groups is 1. The number of nitrogens with one attached hydrogen (secondary N) is 1. The number of amides is 1. The van der Waals surface area contributed by atoms with E-state index in [1.54, 1.807) is 48.1 Å². The van der Waals surface area contributed by atoms with Crippen LogP contribution in [0.15, 0.2) is 63.4 Å². The van der Waals surface area contributed by atoms with Gasteiger partial charge in [-0.3, -0.25) is 14.2 Å². The molecule has 0 fully saturated rings. The van der Waals surface area contributed by atoms with Crippen LogP contribution in [0.3, 0.4) is 0 Å². The van der Waals surface area contributed by atoms with Gasteiger partial charge in [0, 0.05) is 18.7 Å². The number of ether oxygens (including phenoxy) is 1. The average molecular weight is 458 g/mol. The molecule has 0 bridgehead atoms. The molecule has 1 aliphatic heterocycles. The van der Waals surface area contributed by atoms with Crippen molar-refractivity contribution in [3.63, 3.8) is 0 Å². The fraction of sp³-hybridized carbons (Fsp3) is 0.227. The highest BCUT2D eigenvalue weighted by Gasteiger charge is 2.23. The molecule has 160 valence electrons. The van der Waals surface area contributed by atoms with Crippen LogP contribution in [0.4, 0.5) is 4.39 Å². The molecule has 0 saturated carbocycles. The first kappa shape index (κ1) is 21.5. The largest absolute Gasteiger partial charge is 0.497 e. The van der Waals surface area contributed by atoms with Gasteiger partial charge in [0.2, 0.25) is 5.91 Å². The number of aromatic nitrogens is 2. The topological polar surface area (TPSA) is 73.2 Å². The summed E-state index contributed by atoms with van der Waals surface area (Å²) in [5.41, 5.74) is 2.14. The van der Waals surface area contributed by atoms with Crippen molar-refractivity contribution in [2.45, 2.75) is 23.0 Å². The molecular formula is C22H20FN3O3S2. The molecule has 6 nitrogen and oxygen atoms in total. The number of rotatable bonds is 7. The second-order valence-corrected chi connectivity index (χ2v) is 8.85. The van der Waals surface area contributed by atoms with Gasteiger partial charge in [0.05, 0.1) is 29.1 Å². The first-order valence-electron chi connectivity index (χ1n) is 9.62. The normalized spacial score (nSPS) is 12.5. The summed E-state index contributed by atoms with van der Waals surface area (Å²) in [7, 11) is 1.58. The Bertz CT molecular complexity index is 1150. The lowest BCUT2D eigenvalue weighted by Gasteiger charge is -2.14. The summed E-state index contributed by atoms with van der Waals surface area (Å²) >= 11 is 2.73. The monoisotopic (exact) mass is 457 g/mol. The maximum absolute atomic E-state index is 13.1. The SMILES string of the molecule is COc1ccc(-n2c(SCC(=O)NCc3ccc(F)cc3)nc3c(c2=O)SCC3)cc1. The summed E-state index contributed by atoms with van der Waals surface area (Å²) in [6, 6.07) is 13.1. The number of benzene rings is 2. The van der Waals surface area contributed by atoms with E-state index in [1.807, 2.05) is 0 Å². The van der Waals surface area contributed by atoms with Gasteiger partial charge in [-0.1, -0.05) is 23.9 Å². The zero-order chi connectivity index (χ0) is 21.8. The molecule has 2 heterocycles. The molecule has 0 unspecified atom stereocenters. The van der Waals surface area contributed by atoms with Crippen LogP contribution in [-0.2, 0) is 17.8 Å². The van der Waals surface area contributed by atoms with Crippen LogP contribution < -0.4 is 15.6 Å². The lowest BCUT2D eigenvalue weighted by molar-refractivity contribution is -0.118. The minimum atomic E-state index is -0.317. The molecule has 1 aliphatic rings. The van der Waals surface area contributed by atoms with Crippen molar-refractivity contribution in [1.82, 2.24) is 14.9 Å². The van der Waals surface area contributed by atoms with Crippen molar-refractivity contribution in [1.29, 1.82) is 0 Å². The Morgan fingerprint density at radius 2 is 1.97 bits per heavy atom. The predicted octanol–water partition coefficient (Wildman–Crippen LogP) is 3.44. The molecule has 0 spiro atoms. The summed E-state index contributed by atoms with van der Waals surface area (Å²) in [5.74, 6) is 1.11. The molecule has 0 saturated heterocycles. The number of aryl methyl sites for hydroxylation is 1. The van der Waals surface area contributed by atoms with Gasteiger partial charge in [-0.2, -0.15) is 0 Å². The van der Waals surface area contributed by atoms with E-state index in [0.29, 0.717) is 28.0 Å². The Morgan fingerprint density at radius 3 is 2.68 bits per heavy atom. The zero-order valence-corrected chi connectivity index (χ0v) is 18.4. The molecule has 4 rings (SSSR count). The van der Waals surface area contributed by atoms with Crippen molar-refractivity contribution in [3.8, 4) is 11.4 Å². The van der Waals surface area contributed by atoms with Crippen LogP contribution in [0.5, 0.6) is 5.75 Å². The Balaban J connectivity index is 1.52. The van der Waals surface area contributed by atoms with E-state index >= 15 is 0 Å². The van der Waals surface area contributed by atoms with Gasteiger partial charge in [-0.15, -0.1) is 11.8 Å². The molecule has 2 aromatic carbocycles. The van der Waals surface area contributed by atoms with Gasteiger partial charge in [0.25, 0.3) is 5.56 Å². The Kier molecular flexibility index (Phi) is 6.62. The minimum absolute atomic E-state index is 0.107. The Hall–Kier alpha value is -2.78. The zero-order valence-electron chi connectivity index (χ0n) is 16.8. The molecule has 1 N–H and O–H groups in total. The molecular weight excluding hydrogens is 437 g/mol. The highest BCUT2D eigenvalue weighted by atomic mass is 32.2. The molecule has 31 heavy (non-hydrogen) atoms. The first-order valence-corrected chi connectivity index (χ1v) is 11.6. The number of methoxy groups -OCH3 is 1. The van der Waals surface area contributed by atoms with E-state index in [1.165, 1.54) is 35.7 Å². The summed E-state index contributed by atoms with van der Waals surface area (Å²) < 4.78 is 19.8. The summed E-state index contributed by atoms with van der Waals surface area (Å²) in [5, 5.41) is 3.29. The number of fused-ring (bicyclic) bond motifs is 1. The van der Waals surface area contributed by atoms with E-state index in [4.69, 9.17) is 4.74 Å². The first-order chi connectivity index (χ1) is 15.0. The third-order valence-electron chi connectivity index (χ3n) is 4.73. The fourth-order valence-electron chi connectivity index (χ4n) is 3.13. The van der Waals surface area contributed by atoms with Crippen molar-refractivity contribution in [2.75, 3.05) is 18.6 Å². The number of nitrogens with zero attached hydrogens (tertiary/aromatic N) is 2. The maximum Gasteiger partial charge on any atom is 0.272 e. The molecule has 0 atom stereocenters. The number of hydrogen-bond acceptors (Lipinski definition) is 6. The third-order valence-corrected chi connectivity index (χ3v) is 6.78. The highest BCUT2D eigenvalue weighted by Crippen LogP contribution is 2.30. The number of carbonyl (C=O) groups excluding carboxylic acids is 1. The minimum Gasteiger partial charge on any atom is -0.497 e. The van der Waals surface area contributed by atoms with E-state index in [-0.39, 0.29) is 23.0 Å². The van der Waals surface area contributed by atoms with E-state index in [0.717, 1.165) is 23.4 Å². The van der Waals surface area contributed by atoms with Gasteiger partial charge >= 0.3 is 0 Å². The average Bonchev–Trinajstić information content (AvgIpc) is 3.26. The molecule has 3 aromatic rings. The number of hydrogen-bond donors (Lipinski definition) is 1. The quantitative estimate of drug-likeness (QED) is 0.433. The molecule has 9 heteroatoms. The van der Waals surface area contributed by atoms with E-state index < -0.39 is 0 Å². The summed E-state index contributed by atoms with van der Waals surface area (Å²) in [6.45, 7) is 0.305. The van der Waals surface area contributed by atoms with Gasteiger partial charge in [-0.25, -0.2) is 9.37 Å². The molecule has 0 radical (unpaired) electrons. The van der Waals surface area contributed by atoms with Crippen molar-refractivity contribution < 1.29 is 13.9 Å². The van der Waals surface area contributed by atoms with Gasteiger partial charge in [-0.05, 0) is 42.0 Å². The Labute approximate surface area is 187 Å². The van der Waals surface area contributed by atoms with Crippen LogP contribution in [0.2, 0.25) is 0 Å². The van der Waals surface area contributed by atoms with Crippen molar-refractivity contribution in [3.05, 3.63) is 76.0 Å². The summed E-state index contributed by atoms with van der Waals surface area (Å²) in [4.78, 5) is 30.9. The van der Waals surface area contributed by atoms with Crippen LogP contribution in [0.1, 0.15) is 11.3 Å². The predicted molar refractivity (Wildman–Crippen MR) is 120 cm³/mol. The molecule has 1 aromatic heterocycles. The second-order valence-electron chi connectivity index (χ2n) is 6.80. The summed E-state index contributed by atoms with van der Waals surface area (Å²) in [6.07, 6.45) is 0.739. The van der Waals surface area contributed by atoms with Crippen molar-refractivity contribution in [2.24, 2.45) is 0 Å². The van der Waals surface area contributed by atoms with Crippen LogP contribution >= 0.6 is 23.5 Å². The second kappa shape index (κ2) is 9.57. The van der Waals surface area contributed by atoms with Crippen LogP contribution in [0, 0.1) is 5.82 Å². The fourth-order valence-corrected chi connectivity index (χ4v) is 5.02. The lowest BCUT2D eigenvalue weighted by atomic mass is 10.2. The lowest BCUT2D eigenvalue weighted by Crippen LogP contribution is -2.27. The standard InChI is InChI=1S/C22H20FN3O3S2/c1-29-17-8-6-16(7-9-17)26-21(28)20-18(10-11-30-20)25-22(26)31-13-19(27)24-12-14-2-4-15(23)5-3-14/h2-9H,10-13H2,1H3,(H,24,27). The smallest absolute Gasteiger partial charge is 0.272 e. The van der Waals surface area contributed by atoms with E-state index in [9.17, 15) is 14.0 Å². The number of halogens is 1. The van der Waals surface area contributed by atoms with E-state index in [2.05, 4.69) is 10.3 Å². The number of thioether (sulfide) groups is 2. The highest BCUT2D eigenvalue weighted by molar-refractivity contribution is 8.00. The van der Waals surface area contributed by atoms with Gasteiger partial charge in [0.1, 0.15) is 11.6 Å². The van der Waals surface area contributed by atoms with Crippen molar-refractivity contribution >= 4 is 29.4 Å². The molecule has 1 amide bonds. The van der Waals surface area contributed by atoms with Crippen LogP contribution in [-0.4, -0.2) is 34.1 Å². The van der Waals surface area contributed by atoms with Crippen LogP contribution in [0.25, 0.3) is 5.69 Å². The van der Waals surface area contributed by atoms with Gasteiger partial charge < -0.3 is 10.1 Å². The Morgan fingerprint density at radius 1 is 1.23 bits per heavy atom. The third kappa shape index (κ3) is 4.94. The maximum atomic E-state index is 13.1.